The molecule has 0 saturated heterocycles. The Labute approximate surface area is 212 Å². The lowest BCUT2D eigenvalue weighted by Gasteiger charge is -2.14. The van der Waals surface area contributed by atoms with E-state index in [1.165, 1.54) is 32.6 Å². The second-order valence-electron chi connectivity index (χ2n) is 7.10. The minimum absolute atomic E-state index is 0.299. The fourth-order valence-electron chi connectivity index (χ4n) is 2.83. The number of rotatable bonds is 9. The maximum absolute atomic E-state index is 12.4. The van der Waals surface area contributed by atoms with E-state index in [1.54, 1.807) is 55.5 Å². The predicted molar refractivity (Wildman–Crippen MR) is 133 cm³/mol. The van der Waals surface area contributed by atoms with Crippen LogP contribution < -0.4 is 24.4 Å². The molecular formula is C25H22Cl2N2O6. The van der Waals surface area contributed by atoms with E-state index < -0.39 is 18.0 Å². The Bertz CT molecular complexity index is 1230. The number of hydrogen-bond acceptors (Lipinski definition) is 7. The topological polar surface area (TPSA) is 95.5 Å². The summed E-state index contributed by atoms with van der Waals surface area (Å²) in [7, 11) is 3.00. The molecule has 0 fully saturated rings. The van der Waals surface area contributed by atoms with Crippen LogP contribution in [0.3, 0.4) is 0 Å². The second-order valence-corrected chi connectivity index (χ2v) is 7.94. The molecule has 0 aliphatic rings. The molecule has 0 spiro atoms. The largest absolute Gasteiger partial charge is 0.493 e. The highest BCUT2D eigenvalue weighted by molar-refractivity contribution is 6.35. The van der Waals surface area contributed by atoms with Gasteiger partial charge in [0.15, 0.2) is 17.6 Å². The van der Waals surface area contributed by atoms with E-state index in [4.69, 9.17) is 42.1 Å². The predicted octanol–water partition coefficient (Wildman–Crippen LogP) is 5.15. The zero-order chi connectivity index (χ0) is 25.4. The molecule has 0 bridgehead atoms. The first kappa shape index (κ1) is 25.9. The van der Waals surface area contributed by atoms with Crippen molar-refractivity contribution < 1.29 is 28.5 Å². The summed E-state index contributed by atoms with van der Waals surface area (Å²) in [6.07, 6.45) is 0.601. The molecule has 1 amide bonds. The molecule has 10 heteroatoms. The summed E-state index contributed by atoms with van der Waals surface area (Å²) < 4.78 is 21.3. The Kier molecular flexibility index (Phi) is 8.94. The molecule has 0 saturated carbocycles. The lowest BCUT2D eigenvalue weighted by molar-refractivity contribution is -0.127. The number of hydrazone groups is 1. The Balaban J connectivity index is 1.53. The molecule has 182 valence electrons. The van der Waals surface area contributed by atoms with Crippen LogP contribution in [0.15, 0.2) is 65.8 Å². The molecular weight excluding hydrogens is 495 g/mol. The van der Waals surface area contributed by atoms with Gasteiger partial charge in [-0.1, -0.05) is 23.2 Å². The minimum atomic E-state index is -0.843. The smallest absolute Gasteiger partial charge is 0.343 e. The molecule has 0 aromatic heterocycles. The minimum Gasteiger partial charge on any atom is -0.493 e. The summed E-state index contributed by atoms with van der Waals surface area (Å²) in [4.78, 5) is 24.6. The second kappa shape index (κ2) is 12.1. The highest BCUT2D eigenvalue weighted by Gasteiger charge is 2.16. The molecule has 8 nitrogen and oxygen atoms in total. The Hall–Kier alpha value is -3.75. The van der Waals surface area contributed by atoms with Gasteiger partial charge in [-0.2, -0.15) is 5.10 Å². The highest BCUT2D eigenvalue weighted by atomic mass is 35.5. The molecule has 3 rings (SSSR count). The van der Waals surface area contributed by atoms with E-state index in [1.807, 2.05) is 0 Å². The van der Waals surface area contributed by atoms with Gasteiger partial charge in [0.05, 0.1) is 31.0 Å². The molecule has 1 unspecified atom stereocenters. The van der Waals surface area contributed by atoms with E-state index in [0.717, 1.165) is 0 Å². The van der Waals surface area contributed by atoms with Crippen LogP contribution in [-0.4, -0.2) is 38.4 Å². The number of nitrogens with one attached hydrogen (secondary N) is 1. The van der Waals surface area contributed by atoms with Gasteiger partial charge in [0.1, 0.15) is 11.5 Å². The van der Waals surface area contributed by atoms with Crippen LogP contribution in [0.25, 0.3) is 0 Å². The zero-order valence-corrected chi connectivity index (χ0v) is 20.6. The maximum Gasteiger partial charge on any atom is 0.343 e. The molecule has 35 heavy (non-hydrogen) atoms. The molecule has 0 heterocycles. The van der Waals surface area contributed by atoms with Crippen molar-refractivity contribution in [2.24, 2.45) is 5.10 Å². The number of hydrogen-bond donors (Lipinski definition) is 1. The van der Waals surface area contributed by atoms with Gasteiger partial charge >= 0.3 is 5.97 Å². The van der Waals surface area contributed by atoms with Crippen molar-refractivity contribution >= 4 is 41.3 Å². The first-order valence-electron chi connectivity index (χ1n) is 10.3. The van der Waals surface area contributed by atoms with Crippen LogP contribution in [0, 0.1) is 0 Å². The summed E-state index contributed by atoms with van der Waals surface area (Å²) in [6, 6.07) is 16.0. The van der Waals surface area contributed by atoms with Crippen LogP contribution >= 0.6 is 23.2 Å². The van der Waals surface area contributed by atoms with Crippen LogP contribution in [0.5, 0.6) is 23.0 Å². The lowest BCUT2D eigenvalue weighted by Crippen LogP contribution is -2.33. The van der Waals surface area contributed by atoms with E-state index in [9.17, 15) is 9.59 Å². The Morgan fingerprint density at radius 2 is 1.60 bits per heavy atom. The van der Waals surface area contributed by atoms with Crippen LogP contribution in [-0.2, 0) is 4.79 Å². The third kappa shape index (κ3) is 7.11. The summed E-state index contributed by atoms with van der Waals surface area (Å²) in [6.45, 7) is 1.57. The van der Waals surface area contributed by atoms with Gasteiger partial charge in [0.25, 0.3) is 5.91 Å². The normalized spacial score (nSPS) is 11.6. The molecule has 3 aromatic carbocycles. The number of benzene rings is 3. The molecule has 3 aromatic rings. The molecule has 0 radical (unpaired) electrons. The third-order valence-corrected chi connectivity index (χ3v) is 5.20. The van der Waals surface area contributed by atoms with Crippen molar-refractivity contribution in [2.75, 3.05) is 14.2 Å². The molecule has 1 N–H and O–H groups in total. The van der Waals surface area contributed by atoms with E-state index in [0.29, 0.717) is 44.2 Å². The number of carbonyl (C=O) groups is 2. The number of esters is 1. The van der Waals surface area contributed by atoms with E-state index in [-0.39, 0.29) is 0 Å². The quantitative estimate of drug-likeness (QED) is 0.183. The van der Waals surface area contributed by atoms with Crippen molar-refractivity contribution in [1.82, 2.24) is 5.43 Å². The Morgan fingerprint density at radius 1 is 0.914 bits per heavy atom. The van der Waals surface area contributed by atoms with Crippen molar-refractivity contribution in [3.63, 3.8) is 0 Å². The number of methoxy groups -OCH3 is 2. The van der Waals surface area contributed by atoms with Gasteiger partial charge in [-0.15, -0.1) is 0 Å². The highest BCUT2D eigenvalue weighted by Crippen LogP contribution is 2.29. The fraction of sp³-hybridized carbons (Fsp3) is 0.160. The van der Waals surface area contributed by atoms with Gasteiger partial charge in [-0.05, 0) is 73.2 Å². The average Bonchev–Trinajstić information content (AvgIpc) is 2.86. The summed E-state index contributed by atoms with van der Waals surface area (Å²) in [5, 5.41) is 4.68. The maximum atomic E-state index is 12.4. The average molecular weight is 517 g/mol. The Morgan fingerprint density at radius 3 is 2.26 bits per heavy atom. The number of amides is 1. The van der Waals surface area contributed by atoms with Crippen molar-refractivity contribution in [3.8, 4) is 23.0 Å². The molecule has 0 aliphatic heterocycles. The van der Waals surface area contributed by atoms with Gasteiger partial charge in [0.2, 0.25) is 0 Å². The molecule has 1 atom stereocenters. The summed E-state index contributed by atoms with van der Waals surface area (Å²) in [5.41, 5.74) is 3.38. The number of ether oxygens (including phenoxy) is 4. The zero-order valence-electron chi connectivity index (χ0n) is 19.1. The van der Waals surface area contributed by atoms with Gasteiger partial charge in [0, 0.05) is 5.02 Å². The van der Waals surface area contributed by atoms with Crippen LogP contribution in [0.4, 0.5) is 0 Å². The SMILES string of the molecule is COc1ccc(C(=O)Oc2ccc(/C=N/NC(=O)C(C)Oc3ccc(Cl)cc3Cl)cc2)cc1OC. The first-order valence-corrected chi connectivity index (χ1v) is 11.0. The lowest BCUT2D eigenvalue weighted by atomic mass is 10.2. The summed E-state index contributed by atoms with van der Waals surface area (Å²) >= 11 is 11.9. The first-order chi connectivity index (χ1) is 16.8. The number of nitrogens with zero attached hydrogens (tertiary/aromatic N) is 1. The van der Waals surface area contributed by atoms with E-state index >= 15 is 0 Å². The third-order valence-electron chi connectivity index (χ3n) is 4.67. The summed E-state index contributed by atoms with van der Waals surface area (Å²) in [5.74, 6) is 0.594. The van der Waals surface area contributed by atoms with E-state index in [2.05, 4.69) is 10.5 Å². The van der Waals surface area contributed by atoms with Crippen molar-refractivity contribution in [2.45, 2.75) is 13.0 Å². The molecule has 0 aliphatic carbocycles. The fourth-order valence-corrected chi connectivity index (χ4v) is 3.28. The van der Waals surface area contributed by atoms with Gasteiger partial charge in [-0.25, -0.2) is 10.2 Å². The van der Waals surface area contributed by atoms with Crippen LogP contribution in [0.2, 0.25) is 10.0 Å². The number of halogens is 2. The monoisotopic (exact) mass is 516 g/mol. The van der Waals surface area contributed by atoms with Gasteiger partial charge < -0.3 is 18.9 Å². The van der Waals surface area contributed by atoms with Crippen LogP contribution in [0.1, 0.15) is 22.8 Å². The van der Waals surface area contributed by atoms with Gasteiger partial charge in [-0.3, -0.25) is 4.79 Å². The number of carbonyl (C=O) groups excluding carboxylic acids is 2. The van der Waals surface area contributed by atoms with Crippen molar-refractivity contribution in [1.29, 1.82) is 0 Å². The standard InChI is InChI=1S/C25H22Cl2N2O6/c1-15(34-21-11-7-18(26)13-20(21)27)24(30)29-28-14-16-4-8-19(9-5-16)35-25(31)17-6-10-22(32-2)23(12-17)33-3/h4-15H,1-3H3,(H,29,30)/b28-14+. The van der Waals surface area contributed by atoms with Crippen molar-refractivity contribution in [3.05, 3.63) is 81.8 Å².